The first-order valence-corrected chi connectivity index (χ1v) is 6.17. The Labute approximate surface area is 103 Å². The van der Waals surface area contributed by atoms with Gasteiger partial charge in [0, 0.05) is 12.1 Å². The van der Waals surface area contributed by atoms with Crippen LogP contribution >= 0.6 is 0 Å². The first-order valence-electron chi connectivity index (χ1n) is 6.17. The van der Waals surface area contributed by atoms with Gasteiger partial charge in [-0.2, -0.15) is 0 Å². The van der Waals surface area contributed by atoms with E-state index in [1.165, 1.54) is 5.56 Å². The van der Waals surface area contributed by atoms with E-state index in [0.717, 1.165) is 6.42 Å². The van der Waals surface area contributed by atoms with E-state index in [9.17, 15) is 10.2 Å². The second-order valence-corrected chi connectivity index (χ2v) is 4.97. The highest BCUT2D eigenvalue weighted by Crippen LogP contribution is 2.12. The van der Waals surface area contributed by atoms with Gasteiger partial charge in [0.25, 0.3) is 0 Å². The summed E-state index contributed by atoms with van der Waals surface area (Å²) in [5, 5.41) is 21.9. The van der Waals surface area contributed by atoms with Gasteiger partial charge in [0.1, 0.15) is 5.75 Å². The summed E-state index contributed by atoms with van der Waals surface area (Å²) in [6, 6.07) is 7.71. The standard InChI is InChI=1S/C14H23NO2/c1-10(2)14(9-16)15-11(3)8-12-4-6-13(17)7-5-12/h4-7,10-11,14-17H,8-9H2,1-3H3/t11?,14-/m1/s1. The lowest BCUT2D eigenvalue weighted by molar-refractivity contribution is 0.201. The van der Waals surface area contributed by atoms with Gasteiger partial charge in [0.05, 0.1) is 6.61 Å². The number of aliphatic hydroxyl groups excluding tert-OH is 1. The third kappa shape index (κ3) is 4.75. The maximum Gasteiger partial charge on any atom is 0.115 e. The molecule has 0 saturated heterocycles. The molecule has 0 saturated carbocycles. The van der Waals surface area contributed by atoms with Crippen molar-refractivity contribution >= 4 is 0 Å². The van der Waals surface area contributed by atoms with E-state index in [2.05, 4.69) is 26.1 Å². The first kappa shape index (κ1) is 14.0. The normalized spacial score (nSPS) is 14.9. The molecule has 0 aliphatic heterocycles. The fourth-order valence-electron chi connectivity index (χ4n) is 1.87. The molecular weight excluding hydrogens is 214 g/mol. The van der Waals surface area contributed by atoms with Crippen molar-refractivity contribution < 1.29 is 10.2 Å². The third-order valence-corrected chi connectivity index (χ3v) is 2.98. The van der Waals surface area contributed by atoms with E-state index in [1.54, 1.807) is 12.1 Å². The number of rotatable bonds is 6. The van der Waals surface area contributed by atoms with Crippen LogP contribution in [0.25, 0.3) is 0 Å². The van der Waals surface area contributed by atoms with E-state index in [4.69, 9.17) is 0 Å². The highest BCUT2D eigenvalue weighted by atomic mass is 16.3. The molecule has 1 unspecified atom stereocenters. The van der Waals surface area contributed by atoms with Gasteiger partial charge in [-0.05, 0) is 37.0 Å². The van der Waals surface area contributed by atoms with E-state index >= 15 is 0 Å². The number of nitrogens with one attached hydrogen (secondary N) is 1. The number of hydrogen-bond donors (Lipinski definition) is 3. The van der Waals surface area contributed by atoms with Crippen molar-refractivity contribution in [3.05, 3.63) is 29.8 Å². The Hall–Kier alpha value is -1.06. The highest BCUT2D eigenvalue weighted by Gasteiger charge is 2.14. The lowest BCUT2D eigenvalue weighted by atomic mass is 10.0. The van der Waals surface area contributed by atoms with Crippen LogP contribution in [0.15, 0.2) is 24.3 Å². The molecule has 0 spiro atoms. The number of hydrogen-bond acceptors (Lipinski definition) is 3. The minimum absolute atomic E-state index is 0.141. The van der Waals surface area contributed by atoms with Gasteiger partial charge < -0.3 is 15.5 Å². The van der Waals surface area contributed by atoms with Gasteiger partial charge in [-0.25, -0.2) is 0 Å². The molecule has 1 aromatic carbocycles. The van der Waals surface area contributed by atoms with E-state index in [0.29, 0.717) is 17.7 Å². The number of benzene rings is 1. The van der Waals surface area contributed by atoms with Crippen molar-refractivity contribution in [1.29, 1.82) is 0 Å². The predicted molar refractivity (Wildman–Crippen MR) is 70.1 cm³/mol. The Morgan fingerprint density at radius 1 is 1.12 bits per heavy atom. The Bertz CT molecular complexity index is 321. The van der Waals surface area contributed by atoms with Crippen molar-refractivity contribution in [3.63, 3.8) is 0 Å². The number of aromatic hydroxyl groups is 1. The SMILES string of the molecule is CC(Cc1ccc(O)cc1)N[C@H](CO)C(C)C. The molecule has 17 heavy (non-hydrogen) atoms. The summed E-state index contributed by atoms with van der Waals surface area (Å²) in [5.74, 6) is 0.715. The molecule has 0 aromatic heterocycles. The number of phenolic OH excluding ortho intramolecular Hbond substituents is 1. The van der Waals surface area contributed by atoms with Crippen LogP contribution in [-0.4, -0.2) is 28.9 Å². The lowest BCUT2D eigenvalue weighted by Gasteiger charge is -2.24. The van der Waals surface area contributed by atoms with Crippen LogP contribution in [0, 0.1) is 5.92 Å². The third-order valence-electron chi connectivity index (χ3n) is 2.98. The molecule has 0 aliphatic rings. The molecule has 1 rings (SSSR count). The van der Waals surface area contributed by atoms with Crippen molar-refractivity contribution in [3.8, 4) is 5.75 Å². The van der Waals surface area contributed by atoms with Crippen LogP contribution in [0.5, 0.6) is 5.75 Å². The largest absolute Gasteiger partial charge is 0.508 e. The van der Waals surface area contributed by atoms with Crippen LogP contribution in [0.1, 0.15) is 26.3 Å². The quantitative estimate of drug-likeness (QED) is 0.708. The molecule has 0 radical (unpaired) electrons. The number of aliphatic hydroxyl groups is 1. The van der Waals surface area contributed by atoms with Gasteiger partial charge in [0.2, 0.25) is 0 Å². The summed E-state index contributed by atoms with van der Waals surface area (Å²) in [7, 11) is 0. The zero-order valence-electron chi connectivity index (χ0n) is 10.9. The molecular formula is C14H23NO2. The second kappa shape index (κ2) is 6.62. The maximum absolute atomic E-state index is 9.25. The minimum atomic E-state index is 0.141. The monoisotopic (exact) mass is 237 g/mol. The molecule has 3 N–H and O–H groups in total. The van der Waals surface area contributed by atoms with E-state index < -0.39 is 0 Å². The molecule has 2 atom stereocenters. The average Bonchev–Trinajstić information content (AvgIpc) is 2.28. The summed E-state index contributed by atoms with van der Waals surface area (Å²) in [6.07, 6.45) is 0.892. The van der Waals surface area contributed by atoms with Crippen LogP contribution in [0.2, 0.25) is 0 Å². The summed E-state index contributed by atoms with van der Waals surface area (Å²) in [4.78, 5) is 0. The lowest BCUT2D eigenvalue weighted by Crippen LogP contribution is -2.43. The molecule has 0 aliphatic carbocycles. The fourth-order valence-corrected chi connectivity index (χ4v) is 1.87. The van der Waals surface area contributed by atoms with Crippen molar-refractivity contribution in [2.45, 2.75) is 39.3 Å². The minimum Gasteiger partial charge on any atom is -0.508 e. The van der Waals surface area contributed by atoms with Gasteiger partial charge in [-0.1, -0.05) is 26.0 Å². The van der Waals surface area contributed by atoms with Crippen LogP contribution in [0.4, 0.5) is 0 Å². The van der Waals surface area contributed by atoms with Gasteiger partial charge >= 0.3 is 0 Å². The van der Waals surface area contributed by atoms with E-state index in [1.807, 2.05) is 12.1 Å². The first-order chi connectivity index (χ1) is 8.02. The average molecular weight is 237 g/mol. The smallest absolute Gasteiger partial charge is 0.115 e. The van der Waals surface area contributed by atoms with Crippen LogP contribution in [0.3, 0.4) is 0 Å². The van der Waals surface area contributed by atoms with Gasteiger partial charge in [-0.15, -0.1) is 0 Å². The van der Waals surface area contributed by atoms with Crippen molar-refractivity contribution in [2.75, 3.05) is 6.61 Å². The molecule has 0 heterocycles. The van der Waals surface area contributed by atoms with Crippen LogP contribution in [-0.2, 0) is 6.42 Å². The molecule has 96 valence electrons. The molecule has 0 bridgehead atoms. The van der Waals surface area contributed by atoms with Gasteiger partial charge in [0.15, 0.2) is 0 Å². The molecule has 3 heteroatoms. The van der Waals surface area contributed by atoms with Crippen molar-refractivity contribution in [1.82, 2.24) is 5.32 Å². The second-order valence-electron chi connectivity index (χ2n) is 4.97. The number of phenols is 1. The molecule has 0 amide bonds. The molecule has 0 fully saturated rings. The topological polar surface area (TPSA) is 52.5 Å². The van der Waals surface area contributed by atoms with Gasteiger partial charge in [-0.3, -0.25) is 0 Å². The zero-order valence-corrected chi connectivity index (χ0v) is 10.9. The summed E-state index contributed by atoms with van der Waals surface area (Å²) < 4.78 is 0. The predicted octanol–water partition coefficient (Wildman–Crippen LogP) is 1.93. The Morgan fingerprint density at radius 2 is 1.71 bits per heavy atom. The highest BCUT2D eigenvalue weighted by molar-refractivity contribution is 5.26. The maximum atomic E-state index is 9.25. The Morgan fingerprint density at radius 3 is 2.18 bits per heavy atom. The summed E-state index contributed by atoms with van der Waals surface area (Å²) in [5.41, 5.74) is 1.18. The fraction of sp³-hybridized carbons (Fsp3) is 0.571. The Kier molecular flexibility index (Phi) is 5.45. The molecule has 1 aromatic rings. The zero-order chi connectivity index (χ0) is 12.8. The van der Waals surface area contributed by atoms with E-state index in [-0.39, 0.29) is 12.6 Å². The summed E-state index contributed by atoms with van der Waals surface area (Å²) >= 11 is 0. The van der Waals surface area contributed by atoms with Crippen LogP contribution < -0.4 is 5.32 Å². The van der Waals surface area contributed by atoms with Crippen molar-refractivity contribution in [2.24, 2.45) is 5.92 Å². The molecule has 3 nitrogen and oxygen atoms in total. The Balaban J connectivity index is 2.48. The summed E-state index contributed by atoms with van der Waals surface area (Å²) in [6.45, 7) is 6.47.